The van der Waals surface area contributed by atoms with Crippen LogP contribution in [0.15, 0.2) is 53.7 Å². The van der Waals surface area contributed by atoms with E-state index in [4.69, 9.17) is 0 Å². The molecule has 0 N–H and O–H groups in total. The number of nitrogens with zero attached hydrogens (tertiary/aromatic N) is 2. The summed E-state index contributed by atoms with van der Waals surface area (Å²) in [7, 11) is -3.69. The highest BCUT2D eigenvalue weighted by Crippen LogP contribution is 2.21. The largest absolute Gasteiger partial charge is 0.298 e. The van der Waals surface area contributed by atoms with Crippen molar-refractivity contribution in [2.75, 3.05) is 0 Å². The lowest BCUT2D eigenvalue weighted by molar-refractivity contribution is 0.112. The first-order valence-corrected chi connectivity index (χ1v) is 7.71. The molecule has 0 bridgehead atoms. The third kappa shape index (κ3) is 2.23. The second kappa shape index (κ2) is 4.82. The summed E-state index contributed by atoms with van der Waals surface area (Å²) in [6.07, 6.45) is 3.48. The van der Waals surface area contributed by atoms with Crippen molar-refractivity contribution in [2.45, 2.75) is 11.8 Å². The van der Waals surface area contributed by atoms with E-state index in [1.54, 1.807) is 36.4 Å². The number of pyridine rings is 1. The van der Waals surface area contributed by atoms with Gasteiger partial charge in [-0.25, -0.2) is 17.4 Å². The summed E-state index contributed by atoms with van der Waals surface area (Å²) in [6, 6.07) is 9.86. The smallest absolute Gasteiger partial charge is 0.269 e. The van der Waals surface area contributed by atoms with Crippen LogP contribution in [0.25, 0.3) is 11.0 Å². The highest BCUT2D eigenvalue weighted by atomic mass is 32.2. The molecule has 0 saturated carbocycles. The van der Waals surface area contributed by atoms with Crippen LogP contribution in [0.1, 0.15) is 15.9 Å². The van der Waals surface area contributed by atoms with Crippen molar-refractivity contribution in [1.29, 1.82) is 0 Å². The quantitative estimate of drug-likeness (QED) is 0.696. The summed E-state index contributed by atoms with van der Waals surface area (Å²) < 4.78 is 26.4. The van der Waals surface area contributed by atoms with Gasteiger partial charge in [0.15, 0.2) is 11.9 Å². The molecule has 106 valence electrons. The second-order valence-corrected chi connectivity index (χ2v) is 6.54. The maximum Gasteiger partial charge on any atom is 0.269 e. The van der Waals surface area contributed by atoms with Crippen LogP contribution in [0.4, 0.5) is 0 Å². The SMILES string of the molecule is Cc1ccc(S(=O)(=O)n2ccc3cc(C=O)cnc32)cc1. The van der Waals surface area contributed by atoms with E-state index in [2.05, 4.69) is 4.98 Å². The van der Waals surface area contributed by atoms with Crippen LogP contribution in [0.2, 0.25) is 0 Å². The molecular formula is C15H12N2O3S. The topological polar surface area (TPSA) is 69.0 Å². The van der Waals surface area contributed by atoms with E-state index < -0.39 is 10.0 Å². The minimum Gasteiger partial charge on any atom is -0.298 e. The van der Waals surface area contributed by atoms with E-state index in [0.29, 0.717) is 22.9 Å². The van der Waals surface area contributed by atoms with Crippen molar-refractivity contribution in [3.05, 3.63) is 59.9 Å². The van der Waals surface area contributed by atoms with Gasteiger partial charge in [-0.1, -0.05) is 17.7 Å². The summed E-state index contributed by atoms with van der Waals surface area (Å²) in [5.74, 6) is 0. The number of aryl methyl sites for hydroxylation is 1. The molecule has 0 unspecified atom stereocenters. The lowest BCUT2D eigenvalue weighted by Crippen LogP contribution is -2.12. The van der Waals surface area contributed by atoms with Crippen LogP contribution in [-0.2, 0) is 10.0 Å². The molecule has 6 heteroatoms. The molecular weight excluding hydrogens is 288 g/mol. The Morgan fingerprint density at radius 3 is 2.52 bits per heavy atom. The Hall–Kier alpha value is -2.47. The Morgan fingerprint density at radius 1 is 1.14 bits per heavy atom. The molecule has 3 aromatic rings. The third-order valence-corrected chi connectivity index (χ3v) is 4.91. The molecule has 0 aliphatic rings. The predicted molar refractivity (Wildman–Crippen MR) is 78.9 cm³/mol. The number of carbonyl (C=O) groups is 1. The molecule has 0 aliphatic carbocycles. The standard InChI is InChI=1S/C15H12N2O3S/c1-11-2-4-14(5-3-11)21(19,20)17-7-6-13-8-12(10-18)9-16-15(13)17/h2-10H,1H3. The van der Waals surface area contributed by atoms with Crippen LogP contribution in [0.5, 0.6) is 0 Å². The molecule has 2 heterocycles. The molecule has 5 nitrogen and oxygen atoms in total. The molecule has 0 saturated heterocycles. The van der Waals surface area contributed by atoms with Crippen molar-refractivity contribution >= 4 is 27.3 Å². The Bertz CT molecular complexity index is 925. The lowest BCUT2D eigenvalue weighted by Gasteiger charge is -2.07. The fraction of sp³-hybridized carbons (Fsp3) is 0.0667. The molecule has 0 aliphatic heterocycles. The van der Waals surface area contributed by atoms with Gasteiger partial charge in [0.1, 0.15) is 0 Å². The zero-order chi connectivity index (χ0) is 15.0. The van der Waals surface area contributed by atoms with Gasteiger partial charge in [-0.15, -0.1) is 0 Å². The molecule has 3 rings (SSSR count). The maximum absolute atomic E-state index is 12.6. The summed E-state index contributed by atoms with van der Waals surface area (Å²) in [4.78, 5) is 15.0. The zero-order valence-electron chi connectivity index (χ0n) is 11.2. The summed E-state index contributed by atoms with van der Waals surface area (Å²) in [5, 5.41) is 0.607. The zero-order valence-corrected chi connectivity index (χ0v) is 12.0. The van der Waals surface area contributed by atoms with Crippen molar-refractivity contribution < 1.29 is 13.2 Å². The van der Waals surface area contributed by atoms with Crippen molar-refractivity contribution in [2.24, 2.45) is 0 Å². The molecule has 1 aromatic carbocycles. The fourth-order valence-corrected chi connectivity index (χ4v) is 3.41. The average molecular weight is 300 g/mol. The minimum atomic E-state index is -3.69. The first-order chi connectivity index (χ1) is 10.0. The van der Waals surface area contributed by atoms with Gasteiger partial charge in [-0.3, -0.25) is 4.79 Å². The lowest BCUT2D eigenvalue weighted by atomic mass is 10.2. The number of aromatic nitrogens is 2. The van der Waals surface area contributed by atoms with Gasteiger partial charge in [0.25, 0.3) is 10.0 Å². The van der Waals surface area contributed by atoms with E-state index in [1.165, 1.54) is 12.4 Å². The van der Waals surface area contributed by atoms with Gasteiger partial charge in [0, 0.05) is 23.3 Å². The second-order valence-electron chi connectivity index (χ2n) is 4.73. The molecule has 0 spiro atoms. The number of aldehydes is 1. The van der Waals surface area contributed by atoms with Crippen LogP contribution >= 0.6 is 0 Å². The maximum atomic E-state index is 12.6. The normalized spacial score (nSPS) is 11.7. The Labute approximate surface area is 121 Å². The third-order valence-electron chi connectivity index (χ3n) is 3.23. The first-order valence-electron chi connectivity index (χ1n) is 6.27. The highest BCUT2D eigenvalue weighted by Gasteiger charge is 2.19. The fourth-order valence-electron chi connectivity index (χ4n) is 2.10. The summed E-state index contributed by atoms with van der Waals surface area (Å²) >= 11 is 0. The molecule has 0 amide bonds. The molecule has 0 radical (unpaired) electrons. The molecule has 21 heavy (non-hydrogen) atoms. The van der Waals surface area contributed by atoms with Crippen LogP contribution in [0, 0.1) is 6.92 Å². The van der Waals surface area contributed by atoms with Crippen LogP contribution in [0.3, 0.4) is 0 Å². The monoisotopic (exact) mass is 300 g/mol. The number of hydrogen-bond donors (Lipinski definition) is 0. The Morgan fingerprint density at radius 2 is 1.86 bits per heavy atom. The Balaban J connectivity index is 2.19. The van der Waals surface area contributed by atoms with E-state index >= 15 is 0 Å². The van der Waals surface area contributed by atoms with Crippen molar-refractivity contribution in [1.82, 2.24) is 8.96 Å². The average Bonchev–Trinajstić information content (AvgIpc) is 2.91. The number of benzene rings is 1. The molecule has 0 fully saturated rings. The van der Waals surface area contributed by atoms with E-state index in [9.17, 15) is 13.2 Å². The Kier molecular flexibility index (Phi) is 3.10. The van der Waals surface area contributed by atoms with Crippen molar-refractivity contribution in [3.8, 4) is 0 Å². The van der Waals surface area contributed by atoms with Crippen molar-refractivity contribution in [3.63, 3.8) is 0 Å². The van der Waals surface area contributed by atoms with E-state index in [-0.39, 0.29) is 4.90 Å². The number of rotatable bonds is 3. The minimum absolute atomic E-state index is 0.201. The predicted octanol–water partition coefficient (Wildman–Crippen LogP) is 2.39. The number of fused-ring (bicyclic) bond motifs is 1. The summed E-state index contributed by atoms with van der Waals surface area (Å²) in [6.45, 7) is 1.89. The van der Waals surface area contributed by atoms with E-state index in [1.807, 2.05) is 6.92 Å². The van der Waals surface area contributed by atoms with Gasteiger partial charge >= 0.3 is 0 Å². The van der Waals surface area contributed by atoms with Crippen LogP contribution in [-0.4, -0.2) is 23.7 Å². The molecule has 0 atom stereocenters. The molecule has 2 aromatic heterocycles. The van der Waals surface area contributed by atoms with Gasteiger partial charge < -0.3 is 0 Å². The first kappa shape index (κ1) is 13.5. The number of carbonyl (C=O) groups excluding carboxylic acids is 1. The van der Waals surface area contributed by atoms with Crippen LogP contribution < -0.4 is 0 Å². The van der Waals surface area contributed by atoms with Gasteiger partial charge in [-0.05, 0) is 31.2 Å². The highest BCUT2D eigenvalue weighted by molar-refractivity contribution is 7.90. The van der Waals surface area contributed by atoms with E-state index in [0.717, 1.165) is 9.54 Å². The van der Waals surface area contributed by atoms with Gasteiger partial charge in [0.05, 0.1) is 4.90 Å². The summed E-state index contributed by atoms with van der Waals surface area (Å²) in [5.41, 5.74) is 1.70. The van der Waals surface area contributed by atoms with Gasteiger partial charge in [-0.2, -0.15) is 0 Å². The van der Waals surface area contributed by atoms with Gasteiger partial charge in [0.2, 0.25) is 0 Å². The number of hydrogen-bond acceptors (Lipinski definition) is 4.